The lowest BCUT2D eigenvalue weighted by Crippen LogP contribution is -2.58. The molecule has 0 bridgehead atoms. The van der Waals surface area contributed by atoms with Crippen LogP contribution in [0.3, 0.4) is 0 Å². The van der Waals surface area contributed by atoms with Crippen molar-refractivity contribution in [2.45, 2.75) is 44.8 Å². The molecule has 2 atom stereocenters. The Labute approximate surface area is 177 Å². The molecule has 0 radical (unpaired) electrons. The fourth-order valence-electron chi connectivity index (χ4n) is 4.23. The summed E-state index contributed by atoms with van der Waals surface area (Å²) in [5, 5.41) is 6.50. The summed E-state index contributed by atoms with van der Waals surface area (Å²) in [6.45, 7) is 5.20. The van der Waals surface area contributed by atoms with Gasteiger partial charge in [-0.1, -0.05) is 25.1 Å². The van der Waals surface area contributed by atoms with E-state index < -0.39 is 0 Å². The number of hydrogen-bond donors (Lipinski definition) is 3. The number of amides is 3. The van der Waals surface area contributed by atoms with Crippen LogP contribution in [0.25, 0.3) is 0 Å². The van der Waals surface area contributed by atoms with Gasteiger partial charge >= 0.3 is 6.03 Å². The summed E-state index contributed by atoms with van der Waals surface area (Å²) < 4.78 is 0. The third-order valence-electron chi connectivity index (χ3n) is 5.83. The molecular weight excluding hydrogens is 378 g/mol. The monoisotopic (exact) mass is 407 g/mol. The number of rotatable bonds is 4. The van der Waals surface area contributed by atoms with E-state index in [9.17, 15) is 9.59 Å². The number of carbonyl (C=O) groups excluding carboxylic acids is 2. The van der Waals surface area contributed by atoms with E-state index in [1.54, 1.807) is 4.90 Å². The van der Waals surface area contributed by atoms with Gasteiger partial charge in [0.1, 0.15) is 0 Å². The molecule has 3 amide bonds. The fraction of sp³-hybridized carbons (Fsp3) is 0.391. The van der Waals surface area contributed by atoms with Crippen molar-refractivity contribution in [2.24, 2.45) is 5.73 Å². The first kappa shape index (κ1) is 20.2. The lowest BCUT2D eigenvalue weighted by Gasteiger charge is -2.40. The van der Waals surface area contributed by atoms with Crippen LogP contribution in [-0.4, -0.2) is 42.0 Å². The van der Waals surface area contributed by atoms with Gasteiger partial charge in [0.05, 0.1) is 6.04 Å². The lowest BCUT2D eigenvalue weighted by molar-refractivity contribution is -0.118. The van der Waals surface area contributed by atoms with Crippen molar-refractivity contribution in [3.63, 3.8) is 0 Å². The number of benzene rings is 2. The molecule has 7 heteroatoms. The second kappa shape index (κ2) is 8.36. The number of anilines is 3. The first-order valence-corrected chi connectivity index (χ1v) is 10.6. The smallest absolute Gasteiger partial charge is 0.321 e. The van der Waals surface area contributed by atoms with E-state index >= 15 is 0 Å². The SMILES string of the molecule is CCC(=O)N1c2ccccc2[C@H](Nc2ccc(NC(=O)N3CC(N)C3)cc2)C[C@@H]1C. The molecule has 7 nitrogen and oxygen atoms in total. The van der Waals surface area contributed by atoms with Crippen LogP contribution in [0.2, 0.25) is 0 Å². The molecule has 2 aliphatic rings. The predicted octanol–water partition coefficient (Wildman–Crippen LogP) is 3.55. The number of urea groups is 1. The minimum atomic E-state index is -0.117. The summed E-state index contributed by atoms with van der Waals surface area (Å²) in [5.41, 5.74) is 9.57. The molecule has 4 rings (SSSR count). The summed E-state index contributed by atoms with van der Waals surface area (Å²) in [6, 6.07) is 16.0. The van der Waals surface area contributed by atoms with E-state index in [1.807, 2.05) is 54.3 Å². The Morgan fingerprint density at radius 2 is 1.73 bits per heavy atom. The van der Waals surface area contributed by atoms with Gasteiger partial charge in [0.15, 0.2) is 0 Å². The Kier molecular flexibility index (Phi) is 5.63. The minimum absolute atomic E-state index is 0.0895. The second-order valence-corrected chi connectivity index (χ2v) is 8.13. The predicted molar refractivity (Wildman–Crippen MR) is 120 cm³/mol. The Hall–Kier alpha value is -3.06. The molecule has 1 saturated heterocycles. The van der Waals surface area contributed by atoms with Gasteiger partial charge < -0.3 is 26.2 Å². The number of carbonyl (C=O) groups is 2. The van der Waals surface area contributed by atoms with Crippen molar-refractivity contribution in [2.75, 3.05) is 28.6 Å². The van der Waals surface area contributed by atoms with Crippen molar-refractivity contribution in [1.82, 2.24) is 4.90 Å². The highest BCUT2D eigenvalue weighted by molar-refractivity contribution is 5.95. The number of nitrogens with one attached hydrogen (secondary N) is 2. The number of nitrogens with two attached hydrogens (primary N) is 1. The molecule has 2 aromatic rings. The van der Waals surface area contributed by atoms with Gasteiger partial charge in [0.2, 0.25) is 5.91 Å². The topological polar surface area (TPSA) is 90.7 Å². The Morgan fingerprint density at radius 1 is 1.07 bits per heavy atom. The largest absolute Gasteiger partial charge is 0.378 e. The minimum Gasteiger partial charge on any atom is -0.378 e. The summed E-state index contributed by atoms with van der Waals surface area (Å²) in [4.78, 5) is 28.2. The average molecular weight is 408 g/mol. The molecule has 0 unspecified atom stereocenters. The first-order valence-electron chi connectivity index (χ1n) is 10.6. The van der Waals surface area contributed by atoms with Crippen molar-refractivity contribution in [3.05, 3.63) is 54.1 Å². The van der Waals surface area contributed by atoms with Gasteiger partial charge in [0.25, 0.3) is 0 Å². The van der Waals surface area contributed by atoms with Crippen LogP contribution in [0.4, 0.5) is 21.9 Å². The van der Waals surface area contributed by atoms with Crippen LogP contribution in [-0.2, 0) is 4.79 Å². The summed E-state index contributed by atoms with van der Waals surface area (Å²) >= 11 is 0. The highest BCUT2D eigenvalue weighted by atomic mass is 16.2. The Balaban J connectivity index is 1.46. The van der Waals surface area contributed by atoms with Crippen LogP contribution in [0.15, 0.2) is 48.5 Å². The molecular formula is C23H29N5O2. The Bertz CT molecular complexity index is 923. The van der Waals surface area contributed by atoms with Gasteiger partial charge in [0, 0.05) is 48.7 Å². The zero-order valence-electron chi connectivity index (χ0n) is 17.5. The quantitative estimate of drug-likeness (QED) is 0.723. The van der Waals surface area contributed by atoms with Crippen molar-refractivity contribution in [1.29, 1.82) is 0 Å². The van der Waals surface area contributed by atoms with E-state index in [4.69, 9.17) is 5.73 Å². The molecule has 4 N–H and O–H groups in total. The standard InChI is InChI=1S/C23H29N5O2/c1-3-22(29)28-15(2)12-20(19-6-4-5-7-21(19)28)25-17-8-10-18(11-9-17)26-23(30)27-13-16(24)14-27/h4-11,15-16,20,25H,3,12-14,24H2,1-2H3,(H,26,30)/t15-,20+/m0/s1. The lowest BCUT2D eigenvalue weighted by atomic mass is 9.91. The zero-order valence-corrected chi connectivity index (χ0v) is 17.5. The molecule has 0 aromatic heterocycles. The molecule has 0 spiro atoms. The average Bonchev–Trinajstić information content (AvgIpc) is 2.72. The van der Waals surface area contributed by atoms with E-state index in [0.717, 1.165) is 29.0 Å². The number of hydrogen-bond acceptors (Lipinski definition) is 4. The maximum Gasteiger partial charge on any atom is 0.321 e. The maximum atomic E-state index is 12.5. The molecule has 158 valence electrons. The first-order chi connectivity index (χ1) is 14.5. The summed E-state index contributed by atoms with van der Waals surface area (Å²) in [5.74, 6) is 0.150. The number of fused-ring (bicyclic) bond motifs is 1. The van der Waals surface area contributed by atoms with Gasteiger partial charge in [-0.3, -0.25) is 4.79 Å². The fourth-order valence-corrected chi connectivity index (χ4v) is 4.23. The van der Waals surface area contributed by atoms with E-state index in [2.05, 4.69) is 23.6 Å². The third kappa shape index (κ3) is 3.98. The number of likely N-dealkylation sites (tertiary alicyclic amines) is 1. The molecule has 0 saturated carbocycles. The normalized spacial score (nSPS) is 20.9. The van der Waals surface area contributed by atoms with Crippen molar-refractivity contribution >= 4 is 29.0 Å². The highest BCUT2D eigenvalue weighted by Crippen LogP contribution is 2.39. The Morgan fingerprint density at radius 3 is 2.40 bits per heavy atom. The third-order valence-corrected chi connectivity index (χ3v) is 5.83. The van der Waals surface area contributed by atoms with Crippen LogP contribution in [0.1, 0.15) is 38.3 Å². The van der Waals surface area contributed by atoms with E-state index in [1.165, 1.54) is 0 Å². The molecule has 2 heterocycles. The maximum absolute atomic E-state index is 12.5. The van der Waals surface area contributed by atoms with Crippen molar-refractivity contribution < 1.29 is 9.59 Å². The van der Waals surface area contributed by atoms with Crippen LogP contribution < -0.4 is 21.3 Å². The van der Waals surface area contributed by atoms with E-state index in [0.29, 0.717) is 19.5 Å². The molecule has 30 heavy (non-hydrogen) atoms. The van der Waals surface area contributed by atoms with Gasteiger partial charge in [-0.15, -0.1) is 0 Å². The number of para-hydroxylation sites is 1. The zero-order chi connectivity index (χ0) is 21.3. The summed E-state index contributed by atoms with van der Waals surface area (Å²) in [7, 11) is 0. The van der Waals surface area contributed by atoms with Crippen LogP contribution in [0.5, 0.6) is 0 Å². The van der Waals surface area contributed by atoms with Gasteiger partial charge in [-0.05, 0) is 49.2 Å². The van der Waals surface area contributed by atoms with Crippen molar-refractivity contribution in [3.8, 4) is 0 Å². The summed E-state index contributed by atoms with van der Waals surface area (Å²) in [6.07, 6.45) is 1.32. The highest BCUT2D eigenvalue weighted by Gasteiger charge is 2.33. The van der Waals surface area contributed by atoms with Gasteiger partial charge in [-0.2, -0.15) is 0 Å². The molecule has 1 fully saturated rings. The number of nitrogens with zero attached hydrogens (tertiary/aromatic N) is 2. The molecule has 0 aliphatic carbocycles. The molecule has 2 aliphatic heterocycles. The van der Waals surface area contributed by atoms with Crippen LogP contribution in [0, 0.1) is 0 Å². The van der Waals surface area contributed by atoms with Crippen LogP contribution >= 0.6 is 0 Å². The van der Waals surface area contributed by atoms with Gasteiger partial charge in [-0.25, -0.2) is 4.79 Å². The van der Waals surface area contributed by atoms with E-state index in [-0.39, 0.29) is 30.1 Å². The molecule has 2 aromatic carbocycles. The second-order valence-electron chi connectivity index (χ2n) is 8.13.